The zero-order valence-corrected chi connectivity index (χ0v) is 13.9. The van der Waals surface area contributed by atoms with Gasteiger partial charge in [0.25, 0.3) is 5.56 Å². The van der Waals surface area contributed by atoms with Crippen molar-refractivity contribution in [3.63, 3.8) is 0 Å². The fraction of sp³-hybridized carbons (Fsp3) is 0.462. The highest BCUT2D eigenvalue weighted by Gasteiger charge is 2.12. The molecule has 6 nitrogen and oxygen atoms in total. The third-order valence-electron chi connectivity index (χ3n) is 3.18. The molecule has 0 spiro atoms. The van der Waals surface area contributed by atoms with Gasteiger partial charge in [0.05, 0.1) is 21.5 Å². The van der Waals surface area contributed by atoms with E-state index in [1.165, 1.54) is 9.13 Å². The molecule has 0 amide bonds. The van der Waals surface area contributed by atoms with Gasteiger partial charge in [0.1, 0.15) is 0 Å². The summed E-state index contributed by atoms with van der Waals surface area (Å²) in [5.41, 5.74) is 1.29. The van der Waals surface area contributed by atoms with E-state index >= 15 is 0 Å². The lowest BCUT2D eigenvalue weighted by Crippen LogP contribution is -2.40. The molecule has 20 heavy (non-hydrogen) atoms. The third kappa shape index (κ3) is 2.72. The van der Waals surface area contributed by atoms with Crippen molar-refractivity contribution in [2.75, 3.05) is 0 Å². The second kappa shape index (κ2) is 5.94. The fourth-order valence-corrected chi connectivity index (χ4v) is 2.79. The third-order valence-corrected chi connectivity index (χ3v) is 3.92. The number of halogens is 1. The SMILES string of the molecule is CCc1cc(Cn2c(=O)c(I)cn(C)c2=O)n(CC)n1. The lowest BCUT2D eigenvalue weighted by Gasteiger charge is -2.09. The van der Waals surface area contributed by atoms with Gasteiger partial charge in [-0.05, 0) is 42.0 Å². The van der Waals surface area contributed by atoms with Crippen LogP contribution in [0.1, 0.15) is 25.2 Å². The zero-order valence-electron chi connectivity index (χ0n) is 11.8. The molecule has 0 N–H and O–H groups in total. The minimum Gasteiger partial charge on any atom is -0.302 e. The van der Waals surface area contributed by atoms with Crippen LogP contribution in [0.2, 0.25) is 0 Å². The number of nitrogens with zero attached hydrogens (tertiary/aromatic N) is 4. The molecule has 0 aromatic carbocycles. The van der Waals surface area contributed by atoms with Gasteiger partial charge in [-0.2, -0.15) is 5.10 Å². The average Bonchev–Trinajstić information content (AvgIpc) is 2.83. The summed E-state index contributed by atoms with van der Waals surface area (Å²) in [6.45, 7) is 4.99. The molecule has 0 atom stereocenters. The Morgan fingerprint density at radius 1 is 1.30 bits per heavy atom. The van der Waals surface area contributed by atoms with Gasteiger partial charge >= 0.3 is 5.69 Å². The molecule has 0 unspecified atom stereocenters. The van der Waals surface area contributed by atoms with Crippen LogP contribution in [0, 0.1) is 3.57 Å². The molecular formula is C13H17IN4O2. The lowest BCUT2D eigenvalue weighted by atomic mass is 10.3. The van der Waals surface area contributed by atoms with Crippen molar-refractivity contribution in [3.05, 3.63) is 48.1 Å². The van der Waals surface area contributed by atoms with Crippen LogP contribution in [-0.2, 0) is 26.6 Å². The highest BCUT2D eigenvalue weighted by atomic mass is 127. The van der Waals surface area contributed by atoms with Crippen molar-refractivity contribution < 1.29 is 0 Å². The second-order valence-electron chi connectivity index (χ2n) is 4.56. The molecule has 0 radical (unpaired) electrons. The maximum atomic E-state index is 12.1. The van der Waals surface area contributed by atoms with Gasteiger partial charge < -0.3 is 4.57 Å². The second-order valence-corrected chi connectivity index (χ2v) is 5.72. The van der Waals surface area contributed by atoms with Crippen molar-refractivity contribution >= 4 is 22.6 Å². The minimum atomic E-state index is -0.308. The summed E-state index contributed by atoms with van der Waals surface area (Å²) >= 11 is 1.95. The first-order valence-corrected chi connectivity index (χ1v) is 7.57. The predicted octanol–water partition coefficient (Wildman–Crippen LogP) is 0.979. The van der Waals surface area contributed by atoms with Crippen molar-refractivity contribution in [3.8, 4) is 0 Å². The van der Waals surface area contributed by atoms with E-state index in [2.05, 4.69) is 5.10 Å². The Kier molecular flexibility index (Phi) is 4.46. The monoisotopic (exact) mass is 388 g/mol. The van der Waals surface area contributed by atoms with Crippen LogP contribution in [-0.4, -0.2) is 18.9 Å². The summed E-state index contributed by atoms with van der Waals surface area (Å²) < 4.78 is 5.05. The topological polar surface area (TPSA) is 61.8 Å². The zero-order chi connectivity index (χ0) is 14.9. The van der Waals surface area contributed by atoms with Gasteiger partial charge in [-0.25, -0.2) is 4.79 Å². The van der Waals surface area contributed by atoms with Crippen LogP contribution in [0.4, 0.5) is 0 Å². The average molecular weight is 388 g/mol. The minimum absolute atomic E-state index is 0.253. The summed E-state index contributed by atoms with van der Waals surface area (Å²) in [5, 5.41) is 4.44. The Morgan fingerprint density at radius 2 is 2.00 bits per heavy atom. The molecule has 0 aliphatic heterocycles. The van der Waals surface area contributed by atoms with Crippen LogP contribution in [0.15, 0.2) is 21.9 Å². The number of aryl methyl sites for hydroxylation is 3. The van der Waals surface area contributed by atoms with E-state index in [-0.39, 0.29) is 17.8 Å². The van der Waals surface area contributed by atoms with E-state index in [9.17, 15) is 9.59 Å². The highest BCUT2D eigenvalue weighted by molar-refractivity contribution is 14.1. The molecule has 2 rings (SSSR count). The number of rotatable bonds is 4. The molecule has 0 bridgehead atoms. The largest absolute Gasteiger partial charge is 0.331 e. The molecule has 0 saturated heterocycles. The van der Waals surface area contributed by atoms with Crippen molar-refractivity contribution in [1.29, 1.82) is 0 Å². The summed E-state index contributed by atoms with van der Waals surface area (Å²) in [6, 6.07) is 1.95. The fourth-order valence-electron chi connectivity index (χ4n) is 2.08. The van der Waals surface area contributed by atoms with Crippen LogP contribution < -0.4 is 11.2 Å². The van der Waals surface area contributed by atoms with E-state index < -0.39 is 0 Å². The summed E-state index contributed by atoms with van der Waals surface area (Å²) in [7, 11) is 1.65. The standard InChI is InChI=1S/C13H17IN4O2/c1-4-9-6-10(18(5-2)15-9)7-17-12(19)11(14)8-16(3)13(17)20/h6,8H,4-5,7H2,1-3H3. The van der Waals surface area contributed by atoms with Gasteiger partial charge in [0.2, 0.25) is 0 Å². The molecule has 7 heteroatoms. The first kappa shape index (κ1) is 15.0. The number of hydrogen-bond donors (Lipinski definition) is 0. The molecular weight excluding hydrogens is 371 g/mol. The van der Waals surface area contributed by atoms with Gasteiger partial charge in [0, 0.05) is 19.8 Å². The first-order valence-electron chi connectivity index (χ1n) is 6.49. The van der Waals surface area contributed by atoms with Gasteiger partial charge in [-0.15, -0.1) is 0 Å². The molecule has 0 aliphatic carbocycles. The van der Waals surface area contributed by atoms with E-state index in [1.54, 1.807) is 13.2 Å². The molecule has 0 saturated carbocycles. The van der Waals surface area contributed by atoms with Crippen molar-refractivity contribution in [2.24, 2.45) is 7.05 Å². The van der Waals surface area contributed by atoms with E-state index in [0.717, 1.165) is 17.8 Å². The molecule has 2 aromatic rings. The normalized spacial score (nSPS) is 11.0. The van der Waals surface area contributed by atoms with Crippen LogP contribution in [0.25, 0.3) is 0 Å². The summed E-state index contributed by atoms with van der Waals surface area (Å²) in [6.07, 6.45) is 2.38. The van der Waals surface area contributed by atoms with Crippen molar-refractivity contribution in [2.45, 2.75) is 33.4 Å². The highest BCUT2D eigenvalue weighted by Crippen LogP contribution is 2.06. The smallest absolute Gasteiger partial charge is 0.302 e. The maximum absolute atomic E-state index is 12.1. The quantitative estimate of drug-likeness (QED) is 0.734. The Bertz CT molecular complexity index is 708. The molecule has 108 valence electrons. The molecule has 2 heterocycles. The molecule has 2 aromatic heterocycles. The Balaban J connectivity index is 2.53. The number of hydrogen-bond acceptors (Lipinski definition) is 3. The van der Waals surface area contributed by atoms with Crippen LogP contribution in [0.3, 0.4) is 0 Å². The summed E-state index contributed by atoms with van der Waals surface area (Å²) in [5.74, 6) is 0. The van der Waals surface area contributed by atoms with E-state index in [4.69, 9.17) is 0 Å². The Morgan fingerprint density at radius 3 is 2.60 bits per heavy atom. The predicted molar refractivity (Wildman–Crippen MR) is 85.0 cm³/mol. The maximum Gasteiger partial charge on any atom is 0.331 e. The Labute approximate surface area is 130 Å². The van der Waals surface area contributed by atoms with Crippen LogP contribution >= 0.6 is 22.6 Å². The summed E-state index contributed by atoms with van der Waals surface area (Å²) in [4.78, 5) is 24.2. The Hall–Kier alpha value is -1.38. The van der Waals surface area contributed by atoms with Gasteiger partial charge in [-0.1, -0.05) is 6.92 Å². The van der Waals surface area contributed by atoms with Crippen molar-refractivity contribution in [1.82, 2.24) is 18.9 Å². The van der Waals surface area contributed by atoms with Gasteiger partial charge in [-0.3, -0.25) is 14.0 Å². The van der Waals surface area contributed by atoms with Gasteiger partial charge in [0.15, 0.2) is 0 Å². The van der Waals surface area contributed by atoms with Crippen LogP contribution in [0.5, 0.6) is 0 Å². The number of aromatic nitrogens is 4. The molecule has 0 aliphatic rings. The lowest BCUT2D eigenvalue weighted by molar-refractivity contribution is 0.563. The van der Waals surface area contributed by atoms with E-state index in [1.807, 2.05) is 47.2 Å². The van der Waals surface area contributed by atoms with E-state index in [0.29, 0.717) is 10.1 Å². The first-order chi connectivity index (χ1) is 9.47. The molecule has 0 fully saturated rings.